The summed E-state index contributed by atoms with van der Waals surface area (Å²) in [6, 6.07) is 9.32. The Morgan fingerprint density at radius 3 is 2.97 bits per heavy atom. The summed E-state index contributed by atoms with van der Waals surface area (Å²) >= 11 is 0. The molecule has 1 amide bonds. The van der Waals surface area contributed by atoms with Gasteiger partial charge in [-0.05, 0) is 50.5 Å². The second-order valence-electron chi connectivity index (χ2n) is 7.89. The number of carbonyl (C=O) groups excluding carboxylic acids is 1. The van der Waals surface area contributed by atoms with Crippen LogP contribution in [0.3, 0.4) is 0 Å². The number of piperidine rings is 1. The molecule has 1 saturated heterocycles. The Balaban J connectivity index is 1.42. The van der Waals surface area contributed by atoms with Gasteiger partial charge >= 0.3 is 0 Å². The standard InChI is InChI=1S/C23H26N6O2/c1-16-5-3-7-20(22(16)17(2)24)31-13-18-6-4-10-28(12-18)23(30)19-8-9-26-21(11-19)29-15-25-14-27-29/h3,5,7-9,11,14-15,18,24H,4,6,10,12-13H2,1-2H3. The number of pyridine rings is 1. The molecule has 8 heteroatoms. The Morgan fingerprint density at radius 1 is 1.32 bits per heavy atom. The minimum Gasteiger partial charge on any atom is -0.493 e. The lowest BCUT2D eigenvalue weighted by Gasteiger charge is -2.33. The number of amides is 1. The maximum absolute atomic E-state index is 13.1. The molecule has 2 aromatic heterocycles. The van der Waals surface area contributed by atoms with Gasteiger partial charge < -0.3 is 15.0 Å². The van der Waals surface area contributed by atoms with Gasteiger partial charge in [-0.15, -0.1) is 0 Å². The maximum Gasteiger partial charge on any atom is 0.254 e. The van der Waals surface area contributed by atoms with E-state index in [1.54, 1.807) is 31.6 Å². The van der Waals surface area contributed by atoms with Gasteiger partial charge in [0.1, 0.15) is 18.4 Å². The van der Waals surface area contributed by atoms with E-state index in [2.05, 4.69) is 15.1 Å². The third kappa shape index (κ3) is 4.63. The van der Waals surface area contributed by atoms with E-state index in [1.807, 2.05) is 30.0 Å². The highest BCUT2D eigenvalue weighted by Gasteiger charge is 2.25. The van der Waals surface area contributed by atoms with Crippen LogP contribution >= 0.6 is 0 Å². The van der Waals surface area contributed by atoms with E-state index in [0.717, 1.165) is 36.3 Å². The number of hydrogen-bond acceptors (Lipinski definition) is 6. The van der Waals surface area contributed by atoms with Gasteiger partial charge in [0.2, 0.25) is 0 Å². The number of aryl methyl sites for hydroxylation is 1. The summed E-state index contributed by atoms with van der Waals surface area (Å²) in [4.78, 5) is 23.2. The molecule has 4 rings (SSSR count). The van der Waals surface area contributed by atoms with Crippen molar-refractivity contribution in [2.75, 3.05) is 19.7 Å². The van der Waals surface area contributed by atoms with Gasteiger partial charge in [-0.25, -0.2) is 14.6 Å². The number of nitrogens with zero attached hydrogens (tertiary/aromatic N) is 5. The summed E-state index contributed by atoms with van der Waals surface area (Å²) in [6.07, 6.45) is 6.55. The molecule has 3 heterocycles. The third-order valence-corrected chi connectivity index (χ3v) is 5.54. The SMILES string of the molecule is CC(=N)c1c(C)cccc1OCC1CCCN(C(=O)c2ccnc(-n3cncn3)c2)C1. The highest BCUT2D eigenvalue weighted by Crippen LogP contribution is 2.25. The molecule has 8 nitrogen and oxygen atoms in total. The monoisotopic (exact) mass is 418 g/mol. The molecule has 3 aromatic rings. The van der Waals surface area contributed by atoms with Crippen molar-refractivity contribution in [3.8, 4) is 11.6 Å². The van der Waals surface area contributed by atoms with Gasteiger partial charge in [-0.3, -0.25) is 4.79 Å². The fraction of sp³-hybridized carbons (Fsp3) is 0.348. The van der Waals surface area contributed by atoms with Crippen LogP contribution in [0.2, 0.25) is 0 Å². The predicted molar refractivity (Wildman–Crippen MR) is 117 cm³/mol. The Labute approximate surface area is 181 Å². The lowest BCUT2D eigenvalue weighted by molar-refractivity contribution is 0.0633. The lowest BCUT2D eigenvalue weighted by atomic mass is 9.98. The molecular weight excluding hydrogens is 392 g/mol. The van der Waals surface area contributed by atoms with Crippen LogP contribution in [0.1, 0.15) is 41.3 Å². The molecule has 0 spiro atoms. The summed E-state index contributed by atoms with van der Waals surface area (Å²) in [5.74, 6) is 1.53. The van der Waals surface area contributed by atoms with Gasteiger partial charge in [-0.1, -0.05) is 12.1 Å². The average molecular weight is 419 g/mol. The van der Waals surface area contributed by atoms with Crippen molar-refractivity contribution < 1.29 is 9.53 Å². The summed E-state index contributed by atoms with van der Waals surface area (Å²) in [5, 5.41) is 12.1. The van der Waals surface area contributed by atoms with E-state index in [0.29, 0.717) is 30.2 Å². The highest BCUT2D eigenvalue weighted by atomic mass is 16.5. The number of hydrogen-bond donors (Lipinski definition) is 1. The second kappa shape index (κ2) is 9.07. The molecule has 0 saturated carbocycles. The van der Waals surface area contributed by atoms with Crippen LogP contribution in [0.15, 0.2) is 49.2 Å². The summed E-state index contributed by atoms with van der Waals surface area (Å²) in [7, 11) is 0. The van der Waals surface area contributed by atoms with Crippen molar-refractivity contribution in [2.45, 2.75) is 26.7 Å². The number of benzene rings is 1. The van der Waals surface area contributed by atoms with Crippen molar-refractivity contribution in [3.05, 3.63) is 65.9 Å². The largest absolute Gasteiger partial charge is 0.493 e. The van der Waals surface area contributed by atoms with E-state index in [-0.39, 0.29) is 11.8 Å². The quantitative estimate of drug-likeness (QED) is 0.620. The molecule has 31 heavy (non-hydrogen) atoms. The summed E-state index contributed by atoms with van der Waals surface area (Å²) in [6.45, 7) is 5.66. The van der Waals surface area contributed by atoms with Gasteiger partial charge in [0.15, 0.2) is 5.82 Å². The average Bonchev–Trinajstić information content (AvgIpc) is 3.32. The number of likely N-dealkylation sites (tertiary alicyclic amines) is 1. The van der Waals surface area contributed by atoms with E-state index < -0.39 is 0 Å². The first-order valence-corrected chi connectivity index (χ1v) is 10.4. The van der Waals surface area contributed by atoms with E-state index in [4.69, 9.17) is 10.1 Å². The van der Waals surface area contributed by atoms with Gasteiger partial charge in [0.05, 0.1) is 6.61 Å². The van der Waals surface area contributed by atoms with Crippen LogP contribution in [0.4, 0.5) is 0 Å². The number of ether oxygens (including phenoxy) is 1. The fourth-order valence-electron chi connectivity index (χ4n) is 4.02. The minimum absolute atomic E-state index is 0.0138. The predicted octanol–water partition coefficient (Wildman–Crippen LogP) is 3.29. The van der Waals surface area contributed by atoms with Crippen molar-refractivity contribution >= 4 is 11.6 Å². The van der Waals surface area contributed by atoms with Crippen LogP contribution in [0, 0.1) is 18.3 Å². The number of nitrogens with one attached hydrogen (secondary N) is 1. The molecule has 1 aliphatic heterocycles. The molecule has 0 aliphatic carbocycles. The smallest absolute Gasteiger partial charge is 0.254 e. The highest BCUT2D eigenvalue weighted by molar-refractivity contribution is 6.00. The van der Waals surface area contributed by atoms with Gasteiger partial charge in [0.25, 0.3) is 5.91 Å². The zero-order valence-corrected chi connectivity index (χ0v) is 17.8. The first kappa shape index (κ1) is 20.7. The molecule has 1 atom stereocenters. The summed E-state index contributed by atoms with van der Waals surface area (Å²) < 4.78 is 7.65. The maximum atomic E-state index is 13.1. The fourth-order valence-corrected chi connectivity index (χ4v) is 4.02. The lowest BCUT2D eigenvalue weighted by Crippen LogP contribution is -2.41. The molecule has 1 aliphatic rings. The van der Waals surface area contributed by atoms with Crippen LogP contribution in [0.5, 0.6) is 5.75 Å². The summed E-state index contributed by atoms with van der Waals surface area (Å²) in [5.41, 5.74) is 2.96. The molecule has 0 bridgehead atoms. The van der Waals surface area contributed by atoms with Crippen LogP contribution < -0.4 is 4.74 Å². The van der Waals surface area contributed by atoms with E-state index >= 15 is 0 Å². The molecule has 0 radical (unpaired) electrons. The Morgan fingerprint density at radius 2 is 2.19 bits per heavy atom. The van der Waals surface area contributed by atoms with E-state index in [9.17, 15) is 4.79 Å². The first-order valence-electron chi connectivity index (χ1n) is 10.4. The normalized spacial score (nSPS) is 16.2. The van der Waals surface area contributed by atoms with Crippen LogP contribution in [-0.2, 0) is 0 Å². The van der Waals surface area contributed by atoms with Gasteiger partial charge in [-0.2, -0.15) is 5.10 Å². The van der Waals surface area contributed by atoms with Crippen molar-refractivity contribution in [1.82, 2.24) is 24.6 Å². The first-order chi connectivity index (χ1) is 15.0. The Kier molecular flexibility index (Phi) is 6.06. The molecule has 1 N–H and O–H groups in total. The zero-order valence-electron chi connectivity index (χ0n) is 17.8. The molecule has 160 valence electrons. The molecular formula is C23H26N6O2. The molecule has 1 aromatic carbocycles. The Bertz CT molecular complexity index is 1080. The third-order valence-electron chi connectivity index (χ3n) is 5.54. The molecule has 1 unspecified atom stereocenters. The second-order valence-corrected chi connectivity index (χ2v) is 7.89. The van der Waals surface area contributed by atoms with E-state index in [1.165, 1.54) is 11.0 Å². The number of aromatic nitrogens is 4. The molecule has 1 fully saturated rings. The number of rotatable bonds is 6. The number of carbonyl (C=O) groups is 1. The van der Waals surface area contributed by atoms with Crippen LogP contribution in [0.25, 0.3) is 5.82 Å². The van der Waals surface area contributed by atoms with Gasteiger partial charge in [0, 0.05) is 42.0 Å². The van der Waals surface area contributed by atoms with Crippen LogP contribution in [-0.4, -0.2) is 56.0 Å². The van der Waals surface area contributed by atoms with Crippen molar-refractivity contribution in [2.24, 2.45) is 5.92 Å². The Hall–Kier alpha value is -3.55. The topological polar surface area (TPSA) is 97.0 Å². The van der Waals surface area contributed by atoms with Crippen molar-refractivity contribution in [3.63, 3.8) is 0 Å². The van der Waals surface area contributed by atoms with Crippen molar-refractivity contribution in [1.29, 1.82) is 5.41 Å². The minimum atomic E-state index is -0.0138. The zero-order chi connectivity index (χ0) is 21.8.